The molecule has 25 heavy (non-hydrogen) atoms. The highest BCUT2D eigenvalue weighted by molar-refractivity contribution is 5.67. The summed E-state index contributed by atoms with van der Waals surface area (Å²) >= 11 is 0. The summed E-state index contributed by atoms with van der Waals surface area (Å²) in [6.45, 7) is 5.00. The fraction of sp³-hybridized carbons (Fsp3) is 0.200. The lowest BCUT2D eigenvalue weighted by atomic mass is 10.1. The Labute approximate surface area is 147 Å². The molecule has 5 heteroatoms. The SMILES string of the molecule is CC(C)CNc1nc(Nc2ccccc2F)cc(-c2ccccc2)n1. The van der Waals surface area contributed by atoms with Crippen LogP contribution in [0.4, 0.5) is 21.8 Å². The monoisotopic (exact) mass is 336 g/mol. The van der Waals surface area contributed by atoms with Crippen LogP contribution >= 0.6 is 0 Å². The number of aromatic nitrogens is 2. The minimum atomic E-state index is -0.320. The largest absolute Gasteiger partial charge is 0.354 e. The van der Waals surface area contributed by atoms with Crippen LogP contribution in [-0.4, -0.2) is 16.5 Å². The number of nitrogens with one attached hydrogen (secondary N) is 2. The molecule has 0 aliphatic heterocycles. The lowest BCUT2D eigenvalue weighted by molar-refractivity contribution is 0.632. The van der Waals surface area contributed by atoms with Gasteiger partial charge in [0.25, 0.3) is 0 Å². The molecule has 0 saturated carbocycles. The summed E-state index contributed by atoms with van der Waals surface area (Å²) in [6, 6.07) is 18.2. The molecule has 3 rings (SSSR count). The van der Waals surface area contributed by atoms with Gasteiger partial charge in [-0.1, -0.05) is 56.3 Å². The second-order valence-corrected chi connectivity index (χ2v) is 6.21. The molecular weight excluding hydrogens is 315 g/mol. The van der Waals surface area contributed by atoms with Crippen LogP contribution in [0.25, 0.3) is 11.3 Å². The predicted octanol–water partition coefficient (Wildman–Crippen LogP) is 5.09. The number of hydrogen-bond acceptors (Lipinski definition) is 4. The van der Waals surface area contributed by atoms with Gasteiger partial charge in [-0.25, -0.2) is 9.37 Å². The first-order chi connectivity index (χ1) is 12.1. The van der Waals surface area contributed by atoms with E-state index in [1.165, 1.54) is 6.07 Å². The zero-order chi connectivity index (χ0) is 17.6. The van der Waals surface area contributed by atoms with Gasteiger partial charge in [-0.2, -0.15) is 4.98 Å². The molecule has 0 saturated heterocycles. The number of halogens is 1. The van der Waals surface area contributed by atoms with E-state index in [1.54, 1.807) is 18.2 Å². The van der Waals surface area contributed by atoms with Crippen molar-refractivity contribution in [3.05, 3.63) is 66.5 Å². The summed E-state index contributed by atoms with van der Waals surface area (Å²) in [7, 11) is 0. The highest BCUT2D eigenvalue weighted by atomic mass is 19.1. The molecule has 0 fully saturated rings. The van der Waals surface area contributed by atoms with Gasteiger partial charge in [-0.15, -0.1) is 0 Å². The van der Waals surface area contributed by atoms with E-state index >= 15 is 0 Å². The van der Waals surface area contributed by atoms with Crippen LogP contribution in [0.3, 0.4) is 0 Å². The van der Waals surface area contributed by atoms with Gasteiger partial charge in [-0.05, 0) is 18.1 Å². The van der Waals surface area contributed by atoms with Gasteiger partial charge in [0.15, 0.2) is 0 Å². The van der Waals surface area contributed by atoms with Gasteiger partial charge in [0.2, 0.25) is 5.95 Å². The lowest BCUT2D eigenvalue weighted by Gasteiger charge is -2.13. The number of hydrogen-bond donors (Lipinski definition) is 2. The number of benzene rings is 2. The maximum atomic E-state index is 13.9. The van der Waals surface area contributed by atoms with Crippen LogP contribution in [0, 0.1) is 11.7 Å². The van der Waals surface area contributed by atoms with E-state index in [-0.39, 0.29) is 5.82 Å². The van der Waals surface area contributed by atoms with Gasteiger partial charge in [0.05, 0.1) is 11.4 Å². The molecule has 1 aromatic heterocycles. The van der Waals surface area contributed by atoms with Gasteiger partial charge < -0.3 is 10.6 Å². The Balaban J connectivity index is 1.96. The number of rotatable bonds is 6. The number of anilines is 3. The highest BCUT2D eigenvalue weighted by Gasteiger charge is 2.09. The van der Waals surface area contributed by atoms with Gasteiger partial charge in [0.1, 0.15) is 11.6 Å². The standard InChI is InChI=1S/C20H21FN4/c1-14(2)13-22-20-24-18(15-8-4-3-5-9-15)12-19(25-20)23-17-11-7-6-10-16(17)21/h3-12,14H,13H2,1-2H3,(H2,22,23,24,25). The molecule has 0 aliphatic rings. The van der Waals surface area contributed by atoms with Crippen molar-refractivity contribution in [1.29, 1.82) is 0 Å². The molecule has 2 aromatic carbocycles. The average Bonchev–Trinajstić information content (AvgIpc) is 2.62. The second kappa shape index (κ2) is 7.75. The maximum absolute atomic E-state index is 13.9. The molecule has 0 radical (unpaired) electrons. The molecule has 0 bridgehead atoms. The van der Waals surface area contributed by atoms with Crippen molar-refractivity contribution in [2.75, 3.05) is 17.2 Å². The first kappa shape index (κ1) is 16.9. The Morgan fingerprint density at radius 2 is 1.68 bits per heavy atom. The maximum Gasteiger partial charge on any atom is 0.225 e. The van der Waals surface area contributed by atoms with Crippen molar-refractivity contribution in [3.8, 4) is 11.3 Å². The Hall–Kier alpha value is -2.95. The summed E-state index contributed by atoms with van der Waals surface area (Å²) in [5.74, 6) is 1.21. The molecule has 128 valence electrons. The van der Waals surface area contributed by atoms with Crippen LogP contribution in [-0.2, 0) is 0 Å². The van der Waals surface area contributed by atoms with Crippen molar-refractivity contribution in [1.82, 2.24) is 9.97 Å². The van der Waals surface area contributed by atoms with Gasteiger partial charge >= 0.3 is 0 Å². The van der Waals surface area contributed by atoms with Crippen LogP contribution in [0.1, 0.15) is 13.8 Å². The molecule has 0 amide bonds. The van der Waals surface area contributed by atoms with E-state index < -0.39 is 0 Å². The van der Waals surface area contributed by atoms with Gasteiger partial charge in [0, 0.05) is 18.2 Å². The van der Waals surface area contributed by atoms with Crippen molar-refractivity contribution < 1.29 is 4.39 Å². The van der Waals surface area contributed by atoms with E-state index in [0.29, 0.717) is 23.4 Å². The Morgan fingerprint density at radius 1 is 0.960 bits per heavy atom. The third kappa shape index (κ3) is 4.53. The Kier molecular flexibility index (Phi) is 5.23. The zero-order valence-corrected chi connectivity index (χ0v) is 14.3. The second-order valence-electron chi connectivity index (χ2n) is 6.21. The number of nitrogens with zero attached hydrogens (tertiary/aromatic N) is 2. The fourth-order valence-corrected chi connectivity index (χ4v) is 2.34. The van der Waals surface area contributed by atoms with E-state index in [4.69, 9.17) is 0 Å². The minimum Gasteiger partial charge on any atom is -0.354 e. The summed E-state index contributed by atoms with van der Waals surface area (Å²) in [5.41, 5.74) is 2.14. The highest BCUT2D eigenvalue weighted by Crippen LogP contribution is 2.24. The van der Waals surface area contributed by atoms with Crippen molar-refractivity contribution in [3.63, 3.8) is 0 Å². The molecule has 2 N–H and O–H groups in total. The van der Waals surface area contributed by atoms with Crippen LogP contribution in [0.5, 0.6) is 0 Å². The topological polar surface area (TPSA) is 49.8 Å². The van der Waals surface area contributed by atoms with Crippen LogP contribution < -0.4 is 10.6 Å². The molecular formula is C20H21FN4. The molecule has 1 heterocycles. The quantitative estimate of drug-likeness (QED) is 0.658. The molecule has 0 atom stereocenters. The fourth-order valence-electron chi connectivity index (χ4n) is 2.34. The van der Waals surface area contributed by atoms with Crippen LogP contribution in [0.2, 0.25) is 0 Å². The Bertz CT molecular complexity index is 834. The molecule has 0 unspecified atom stereocenters. The molecule has 0 aliphatic carbocycles. The normalized spacial score (nSPS) is 10.7. The third-order valence-corrected chi connectivity index (χ3v) is 3.60. The lowest BCUT2D eigenvalue weighted by Crippen LogP contribution is -2.11. The summed E-state index contributed by atoms with van der Waals surface area (Å²) in [6.07, 6.45) is 0. The molecule has 0 spiro atoms. The first-order valence-corrected chi connectivity index (χ1v) is 8.32. The summed E-state index contributed by atoms with van der Waals surface area (Å²) < 4.78 is 13.9. The molecule has 3 aromatic rings. The van der Waals surface area contributed by atoms with Crippen molar-refractivity contribution >= 4 is 17.5 Å². The van der Waals surface area contributed by atoms with Gasteiger partial charge in [-0.3, -0.25) is 0 Å². The Morgan fingerprint density at radius 3 is 2.40 bits per heavy atom. The third-order valence-electron chi connectivity index (χ3n) is 3.60. The summed E-state index contributed by atoms with van der Waals surface area (Å²) in [4.78, 5) is 9.05. The van der Waals surface area contributed by atoms with Crippen LogP contribution in [0.15, 0.2) is 60.7 Å². The number of para-hydroxylation sites is 1. The van der Waals surface area contributed by atoms with E-state index in [9.17, 15) is 4.39 Å². The minimum absolute atomic E-state index is 0.320. The van der Waals surface area contributed by atoms with E-state index in [0.717, 1.165) is 17.8 Å². The van der Waals surface area contributed by atoms with E-state index in [2.05, 4.69) is 34.4 Å². The zero-order valence-electron chi connectivity index (χ0n) is 14.3. The van der Waals surface area contributed by atoms with E-state index in [1.807, 2.05) is 36.4 Å². The first-order valence-electron chi connectivity index (χ1n) is 8.32. The molecule has 4 nitrogen and oxygen atoms in total. The predicted molar refractivity (Wildman–Crippen MR) is 100 cm³/mol. The van der Waals surface area contributed by atoms with Crippen molar-refractivity contribution in [2.45, 2.75) is 13.8 Å². The van der Waals surface area contributed by atoms with Crippen molar-refractivity contribution in [2.24, 2.45) is 5.92 Å². The summed E-state index contributed by atoms with van der Waals surface area (Å²) in [5, 5.41) is 6.28. The average molecular weight is 336 g/mol. The smallest absolute Gasteiger partial charge is 0.225 e.